The van der Waals surface area contributed by atoms with E-state index < -0.39 is 10.8 Å². The van der Waals surface area contributed by atoms with Crippen LogP contribution < -0.4 is 4.90 Å². The summed E-state index contributed by atoms with van der Waals surface area (Å²) in [6, 6.07) is 110. The Kier molecular flexibility index (Phi) is 10.0. The highest BCUT2D eigenvalue weighted by Gasteiger charge is 2.47. The maximum Gasteiger partial charge on any atom is 0.0714 e. The van der Waals surface area contributed by atoms with E-state index in [1.807, 2.05) is 0 Å². The first-order valence-electron chi connectivity index (χ1n) is 25.4. The second kappa shape index (κ2) is 17.2. The molecule has 0 fully saturated rings. The molecule has 14 rings (SSSR count). The zero-order chi connectivity index (χ0) is 48.3. The molecule has 0 bridgehead atoms. The summed E-state index contributed by atoms with van der Waals surface area (Å²) in [5, 5.41) is 2.47. The first-order valence-corrected chi connectivity index (χ1v) is 25.4. The monoisotopic (exact) mass is 927 g/mol. The Morgan fingerprint density at radius 1 is 0.205 bits per heavy atom. The topological polar surface area (TPSA) is 3.24 Å². The number of hydrogen-bond donors (Lipinski definition) is 0. The normalized spacial score (nSPS) is 13.4. The van der Waals surface area contributed by atoms with Gasteiger partial charge in [-0.2, -0.15) is 0 Å². The third kappa shape index (κ3) is 6.63. The van der Waals surface area contributed by atoms with Gasteiger partial charge in [0.2, 0.25) is 0 Å². The molecule has 342 valence electrons. The van der Waals surface area contributed by atoms with Gasteiger partial charge in [-0.05, 0) is 148 Å². The molecular formula is C72H49N. The first kappa shape index (κ1) is 42.6. The SMILES string of the molecule is c1ccc(C2(c3ccccc3)c3ccccc3-c3ccc(-c4ccc(N(c5cccc(-c6ccc7ccccc7c6)c5)c5ccc6c(c5)C(c5ccccc5)(c5ccccc5)c5ccccc5-6)cc4)cc32)cc1. The van der Waals surface area contributed by atoms with Crippen molar-refractivity contribution in [3.05, 3.63) is 342 Å². The van der Waals surface area contributed by atoms with Crippen molar-refractivity contribution >= 4 is 27.8 Å². The van der Waals surface area contributed by atoms with Gasteiger partial charge in [0.15, 0.2) is 0 Å². The zero-order valence-corrected chi connectivity index (χ0v) is 40.2. The van der Waals surface area contributed by atoms with Crippen LogP contribution in [0, 0.1) is 0 Å². The van der Waals surface area contributed by atoms with Gasteiger partial charge in [-0.1, -0.05) is 249 Å². The van der Waals surface area contributed by atoms with Crippen molar-refractivity contribution in [2.45, 2.75) is 10.8 Å². The summed E-state index contributed by atoms with van der Waals surface area (Å²) < 4.78 is 0. The van der Waals surface area contributed by atoms with Crippen molar-refractivity contribution in [3.63, 3.8) is 0 Å². The van der Waals surface area contributed by atoms with Gasteiger partial charge < -0.3 is 4.90 Å². The molecule has 12 aromatic carbocycles. The number of fused-ring (bicyclic) bond motifs is 7. The van der Waals surface area contributed by atoms with Crippen LogP contribution in [0.1, 0.15) is 44.5 Å². The van der Waals surface area contributed by atoms with E-state index in [1.165, 1.54) is 99.8 Å². The van der Waals surface area contributed by atoms with Gasteiger partial charge in [0.05, 0.1) is 10.8 Å². The van der Waals surface area contributed by atoms with E-state index in [0.717, 1.165) is 17.1 Å². The van der Waals surface area contributed by atoms with Crippen LogP contribution in [-0.4, -0.2) is 0 Å². The fourth-order valence-corrected chi connectivity index (χ4v) is 12.6. The summed E-state index contributed by atoms with van der Waals surface area (Å²) in [5.74, 6) is 0. The van der Waals surface area contributed by atoms with Crippen LogP contribution in [-0.2, 0) is 10.8 Å². The fraction of sp³-hybridized carbons (Fsp3) is 0.0278. The van der Waals surface area contributed by atoms with E-state index >= 15 is 0 Å². The molecule has 12 aromatic rings. The number of rotatable bonds is 9. The molecule has 1 nitrogen and oxygen atoms in total. The molecule has 73 heavy (non-hydrogen) atoms. The maximum absolute atomic E-state index is 2.47. The summed E-state index contributed by atoms with van der Waals surface area (Å²) in [6.45, 7) is 0. The standard InChI is InChI=1S/C72H49N/c1-5-23-56(24-6-1)71(57-25-7-2-8-26-57)67-34-17-15-32-63(67)65-44-40-55(48-69(65)71)51-38-41-60(42-39-51)73(61-31-19-22-53(47-61)54-37-36-50-20-13-14-21-52(50)46-54)62-43-45-66-64-33-16-18-35-68(64)72(70(66)49-62,58-27-9-3-10-28-58)59-29-11-4-12-30-59/h1-49H. The van der Waals surface area contributed by atoms with Crippen LogP contribution in [0.4, 0.5) is 17.1 Å². The minimum atomic E-state index is -0.533. The fourth-order valence-electron chi connectivity index (χ4n) is 12.6. The molecule has 0 amide bonds. The van der Waals surface area contributed by atoms with Gasteiger partial charge in [0.1, 0.15) is 0 Å². The zero-order valence-electron chi connectivity index (χ0n) is 40.2. The Labute approximate surface area is 427 Å². The Bertz CT molecular complexity index is 3930. The van der Waals surface area contributed by atoms with Crippen molar-refractivity contribution < 1.29 is 0 Å². The smallest absolute Gasteiger partial charge is 0.0714 e. The third-order valence-electron chi connectivity index (χ3n) is 15.8. The first-order chi connectivity index (χ1) is 36.2. The lowest BCUT2D eigenvalue weighted by Crippen LogP contribution is -2.28. The molecule has 0 spiro atoms. The Hall–Kier alpha value is -9.30. The maximum atomic E-state index is 2.47. The highest BCUT2D eigenvalue weighted by Crippen LogP contribution is 2.59. The van der Waals surface area contributed by atoms with E-state index in [0.29, 0.717) is 0 Å². The molecule has 0 atom stereocenters. The largest absolute Gasteiger partial charge is 0.310 e. The summed E-state index contributed by atoms with van der Waals surface area (Å²) in [6.07, 6.45) is 0. The van der Waals surface area contributed by atoms with Gasteiger partial charge in [-0.15, -0.1) is 0 Å². The third-order valence-corrected chi connectivity index (χ3v) is 15.8. The molecule has 0 radical (unpaired) electrons. The average molecular weight is 928 g/mol. The predicted molar refractivity (Wildman–Crippen MR) is 304 cm³/mol. The van der Waals surface area contributed by atoms with Crippen molar-refractivity contribution in [3.8, 4) is 44.5 Å². The lowest BCUT2D eigenvalue weighted by molar-refractivity contribution is 0.768. The minimum absolute atomic E-state index is 0.473. The quantitative estimate of drug-likeness (QED) is 0.139. The van der Waals surface area contributed by atoms with Crippen LogP contribution >= 0.6 is 0 Å². The Balaban J connectivity index is 0.945. The van der Waals surface area contributed by atoms with Gasteiger partial charge >= 0.3 is 0 Å². The summed E-state index contributed by atoms with van der Waals surface area (Å²) in [7, 11) is 0. The van der Waals surface area contributed by atoms with E-state index in [9.17, 15) is 0 Å². The molecule has 0 heterocycles. The van der Waals surface area contributed by atoms with Crippen LogP contribution in [0.25, 0.3) is 55.3 Å². The van der Waals surface area contributed by atoms with Crippen molar-refractivity contribution in [2.75, 3.05) is 4.90 Å². The second-order valence-corrected chi connectivity index (χ2v) is 19.5. The molecule has 0 N–H and O–H groups in total. The van der Waals surface area contributed by atoms with Crippen molar-refractivity contribution in [1.29, 1.82) is 0 Å². The van der Waals surface area contributed by atoms with Crippen LogP contribution in [0.5, 0.6) is 0 Å². The van der Waals surface area contributed by atoms with Crippen LogP contribution in [0.15, 0.2) is 297 Å². The van der Waals surface area contributed by atoms with Crippen LogP contribution in [0.3, 0.4) is 0 Å². The van der Waals surface area contributed by atoms with Crippen LogP contribution in [0.2, 0.25) is 0 Å². The lowest BCUT2D eigenvalue weighted by atomic mass is 9.67. The molecule has 2 aliphatic carbocycles. The molecular weight excluding hydrogens is 879 g/mol. The Morgan fingerprint density at radius 2 is 0.603 bits per heavy atom. The van der Waals surface area contributed by atoms with Crippen molar-refractivity contribution in [1.82, 2.24) is 0 Å². The van der Waals surface area contributed by atoms with E-state index in [4.69, 9.17) is 0 Å². The molecule has 0 saturated heterocycles. The van der Waals surface area contributed by atoms with Gasteiger partial charge in [0, 0.05) is 17.1 Å². The second-order valence-electron chi connectivity index (χ2n) is 19.5. The van der Waals surface area contributed by atoms with E-state index in [-0.39, 0.29) is 0 Å². The van der Waals surface area contributed by atoms with Gasteiger partial charge in [0.25, 0.3) is 0 Å². The molecule has 0 aromatic heterocycles. The average Bonchev–Trinajstić information content (AvgIpc) is 4.00. The number of hydrogen-bond acceptors (Lipinski definition) is 1. The number of benzene rings is 12. The Morgan fingerprint density at radius 3 is 1.18 bits per heavy atom. The molecule has 1 heteroatoms. The van der Waals surface area contributed by atoms with E-state index in [2.05, 4.69) is 302 Å². The van der Waals surface area contributed by atoms with E-state index in [1.54, 1.807) is 0 Å². The van der Waals surface area contributed by atoms with Gasteiger partial charge in [-0.25, -0.2) is 0 Å². The van der Waals surface area contributed by atoms with Crippen molar-refractivity contribution in [2.24, 2.45) is 0 Å². The summed E-state index contributed by atoms with van der Waals surface area (Å²) >= 11 is 0. The number of anilines is 3. The number of nitrogens with zero attached hydrogens (tertiary/aromatic N) is 1. The molecule has 0 unspecified atom stereocenters. The minimum Gasteiger partial charge on any atom is -0.310 e. The lowest BCUT2D eigenvalue weighted by Gasteiger charge is -2.35. The summed E-state index contributed by atoms with van der Waals surface area (Å²) in [5.41, 5.74) is 22.3. The molecule has 0 aliphatic heterocycles. The van der Waals surface area contributed by atoms with Gasteiger partial charge in [-0.3, -0.25) is 0 Å². The summed E-state index contributed by atoms with van der Waals surface area (Å²) in [4.78, 5) is 2.45. The predicted octanol–water partition coefficient (Wildman–Crippen LogP) is 18.4. The molecule has 0 saturated carbocycles. The highest BCUT2D eigenvalue weighted by atomic mass is 15.1. The highest BCUT2D eigenvalue weighted by molar-refractivity contribution is 5.93. The molecule has 2 aliphatic rings.